The number of aryl methyl sites for hydroxylation is 1. The van der Waals surface area contributed by atoms with E-state index in [2.05, 4.69) is 41.1 Å². The van der Waals surface area contributed by atoms with Crippen molar-refractivity contribution in [3.63, 3.8) is 0 Å². The Bertz CT molecular complexity index is 769. The summed E-state index contributed by atoms with van der Waals surface area (Å²) in [6.07, 6.45) is 4.38. The van der Waals surface area contributed by atoms with Crippen LogP contribution < -0.4 is 0 Å². The number of hydrogen-bond donors (Lipinski definition) is 1. The van der Waals surface area contributed by atoms with Gasteiger partial charge in [0.2, 0.25) is 0 Å². The molecule has 1 aromatic carbocycles. The number of nitrogens with zero attached hydrogens (tertiary/aromatic N) is 2. The van der Waals surface area contributed by atoms with Crippen molar-refractivity contribution >= 4 is 17.0 Å². The van der Waals surface area contributed by atoms with Crippen LogP contribution in [0, 0.1) is 6.92 Å². The van der Waals surface area contributed by atoms with Crippen molar-refractivity contribution < 1.29 is 9.53 Å². The van der Waals surface area contributed by atoms with Gasteiger partial charge in [-0.1, -0.05) is 18.2 Å². The second-order valence-electron chi connectivity index (χ2n) is 7.71. The molecule has 2 saturated heterocycles. The molecular weight excluding hydrogens is 326 g/mol. The summed E-state index contributed by atoms with van der Waals surface area (Å²) in [5, 5.41) is 1.40. The van der Waals surface area contributed by atoms with Gasteiger partial charge in [0, 0.05) is 35.7 Å². The van der Waals surface area contributed by atoms with E-state index in [0.717, 1.165) is 39.0 Å². The van der Waals surface area contributed by atoms with Crippen LogP contribution in [-0.4, -0.2) is 60.2 Å². The lowest BCUT2D eigenvalue weighted by Crippen LogP contribution is -2.48. The molecule has 2 aliphatic heterocycles. The molecule has 1 aromatic heterocycles. The lowest BCUT2D eigenvalue weighted by Gasteiger charge is -2.41. The highest BCUT2D eigenvalue weighted by atomic mass is 16.5. The fourth-order valence-electron chi connectivity index (χ4n) is 4.92. The summed E-state index contributed by atoms with van der Waals surface area (Å²) in [4.78, 5) is 19.7. The third kappa shape index (κ3) is 3.20. The van der Waals surface area contributed by atoms with Gasteiger partial charge in [0.1, 0.15) is 0 Å². The summed E-state index contributed by atoms with van der Waals surface area (Å²) < 4.78 is 4.84. The molecule has 140 valence electrons. The van der Waals surface area contributed by atoms with Crippen molar-refractivity contribution in [3.05, 3.63) is 35.5 Å². The third-order valence-corrected chi connectivity index (χ3v) is 6.29. The lowest BCUT2D eigenvalue weighted by molar-refractivity contribution is 0.0734. The number of fused-ring (bicyclic) bond motifs is 1. The van der Waals surface area contributed by atoms with Gasteiger partial charge in [-0.25, -0.2) is 4.79 Å². The highest BCUT2D eigenvalue weighted by Gasteiger charge is 2.31. The highest BCUT2D eigenvalue weighted by molar-refractivity contribution is 5.85. The summed E-state index contributed by atoms with van der Waals surface area (Å²) in [5.41, 5.74) is 4.12. The van der Waals surface area contributed by atoms with Gasteiger partial charge >= 0.3 is 6.09 Å². The van der Waals surface area contributed by atoms with Crippen LogP contribution >= 0.6 is 0 Å². The zero-order valence-corrected chi connectivity index (χ0v) is 15.8. The largest absolute Gasteiger partial charge is 0.453 e. The highest BCUT2D eigenvalue weighted by Crippen LogP contribution is 2.36. The van der Waals surface area contributed by atoms with E-state index in [1.807, 2.05) is 4.90 Å². The first kappa shape index (κ1) is 17.4. The van der Waals surface area contributed by atoms with Gasteiger partial charge in [-0.2, -0.15) is 0 Å². The maximum atomic E-state index is 11.7. The number of benzene rings is 1. The number of carbonyl (C=O) groups excluding carboxylic acids is 1. The second-order valence-corrected chi connectivity index (χ2v) is 7.71. The van der Waals surface area contributed by atoms with Gasteiger partial charge in [0.05, 0.1) is 7.11 Å². The molecule has 1 amide bonds. The van der Waals surface area contributed by atoms with Crippen LogP contribution in [0.15, 0.2) is 24.3 Å². The molecule has 0 saturated carbocycles. The zero-order chi connectivity index (χ0) is 18.1. The number of aromatic nitrogens is 1. The predicted octanol–water partition coefficient (Wildman–Crippen LogP) is 3.89. The van der Waals surface area contributed by atoms with E-state index in [0.29, 0.717) is 12.0 Å². The normalized spacial score (nSPS) is 20.6. The SMILES string of the molecule is COC(=O)N1CCC(N2CCC(c3c(C)[nH]c4ccccc34)CC2)CC1. The van der Waals surface area contributed by atoms with Gasteiger partial charge in [0.15, 0.2) is 0 Å². The average Bonchev–Trinajstić information content (AvgIpc) is 3.03. The average molecular weight is 355 g/mol. The predicted molar refractivity (Wildman–Crippen MR) is 104 cm³/mol. The second kappa shape index (κ2) is 7.31. The van der Waals surface area contributed by atoms with Crippen LogP contribution in [0.4, 0.5) is 4.79 Å². The van der Waals surface area contributed by atoms with Crippen molar-refractivity contribution in [2.24, 2.45) is 0 Å². The Morgan fingerprint density at radius 3 is 2.46 bits per heavy atom. The third-order valence-electron chi connectivity index (χ3n) is 6.29. The molecule has 0 spiro atoms. The molecule has 2 aliphatic rings. The number of nitrogens with one attached hydrogen (secondary N) is 1. The Hall–Kier alpha value is -2.01. The van der Waals surface area contributed by atoms with Crippen LogP contribution in [-0.2, 0) is 4.74 Å². The minimum Gasteiger partial charge on any atom is -0.453 e. The molecule has 0 bridgehead atoms. The first-order valence-electron chi connectivity index (χ1n) is 9.81. The topological polar surface area (TPSA) is 48.6 Å². The fourth-order valence-corrected chi connectivity index (χ4v) is 4.92. The van der Waals surface area contributed by atoms with Crippen molar-refractivity contribution in [3.8, 4) is 0 Å². The van der Waals surface area contributed by atoms with Crippen molar-refractivity contribution in [1.82, 2.24) is 14.8 Å². The van der Waals surface area contributed by atoms with Gasteiger partial charge in [0.25, 0.3) is 0 Å². The Kier molecular flexibility index (Phi) is 4.90. The number of para-hydroxylation sites is 1. The van der Waals surface area contributed by atoms with E-state index in [9.17, 15) is 4.79 Å². The molecule has 26 heavy (non-hydrogen) atoms. The molecule has 0 unspecified atom stereocenters. The van der Waals surface area contributed by atoms with Crippen LogP contribution in [0.2, 0.25) is 0 Å². The molecule has 2 fully saturated rings. The number of ether oxygens (including phenoxy) is 1. The monoisotopic (exact) mass is 355 g/mol. The Labute approximate surface area is 155 Å². The number of carbonyl (C=O) groups is 1. The van der Waals surface area contributed by atoms with Crippen LogP contribution in [0.3, 0.4) is 0 Å². The molecule has 0 radical (unpaired) electrons. The number of rotatable bonds is 2. The van der Waals surface area contributed by atoms with E-state index in [4.69, 9.17) is 4.74 Å². The molecule has 5 heteroatoms. The number of H-pyrrole nitrogens is 1. The zero-order valence-electron chi connectivity index (χ0n) is 15.8. The minimum absolute atomic E-state index is 0.183. The number of hydrogen-bond acceptors (Lipinski definition) is 3. The quantitative estimate of drug-likeness (QED) is 0.889. The molecular formula is C21H29N3O2. The smallest absolute Gasteiger partial charge is 0.409 e. The fraction of sp³-hybridized carbons (Fsp3) is 0.571. The maximum Gasteiger partial charge on any atom is 0.409 e. The molecule has 4 rings (SSSR count). The first-order chi connectivity index (χ1) is 12.7. The van der Waals surface area contributed by atoms with Crippen molar-refractivity contribution in [1.29, 1.82) is 0 Å². The molecule has 0 atom stereocenters. The maximum absolute atomic E-state index is 11.7. The number of methoxy groups -OCH3 is 1. The lowest BCUT2D eigenvalue weighted by atomic mass is 9.86. The first-order valence-corrected chi connectivity index (χ1v) is 9.81. The van der Waals surface area contributed by atoms with Crippen LogP contribution in [0.1, 0.15) is 42.9 Å². The number of aromatic amines is 1. The Morgan fingerprint density at radius 2 is 1.77 bits per heavy atom. The van der Waals surface area contributed by atoms with E-state index < -0.39 is 0 Å². The summed E-state index contributed by atoms with van der Waals surface area (Å²) in [6, 6.07) is 9.29. The standard InChI is InChI=1S/C21H29N3O2/c1-15-20(18-5-3-4-6-19(18)22-15)16-7-11-23(12-8-16)17-9-13-24(14-10-17)21(25)26-2/h3-6,16-17,22H,7-14H2,1-2H3. The molecule has 1 N–H and O–H groups in total. The summed E-state index contributed by atoms with van der Waals surface area (Å²) in [7, 11) is 1.46. The summed E-state index contributed by atoms with van der Waals surface area (Å²) >= 11 is 0. The van der Waals surface area contributed by atoms with E-state index in [-0.39, 0.29) is 6.09 Å². The number of likely N-dealkylation sites (tertiary alicyclic amines) is 2. The van der Waals surface area contributed by atoms with Crippen molar-refractivity contribution in [2.75, 3.05) is 33.3 Å². The molecule has 2 aromatic rings. The summed E-state index contributed by atoms with van der Waals surface area (Å²) in [6.45, 7) is 6.17. The Morgan fingerprint density at radius 1 is 1.08 bits per heavy atom. The van der Waals surface area contributed by atoms with Gasteiger partial charge in [-0.15, -0.1) is 0 Å². The van der Waals surface area contributed by atoms with Crippen LogP contribution in [0.5, 0.6) is 0 Å². The van der Waals surface area contributed by atoms with Gasteiger partial charge in [-0.3, -0.25) is 0 Å². The summed E-state index contributed by atoms with van der Waals surface area (Å²) in [5.74, 6) is 0.651. The molecule has 3 heterocycles. The van der Waals surface area contributed by atoms with Gasteiger partial charge in [-0.05, 0) is 63.2 Å². The van der Waals surface area contributed by atoms with E-state index in [1.54, 1.807) is 0 Å². The van der Waals surface area contributed by atoms with Crippen molar-refractivity contribution in [2.45, 2.75) is 44.6 Å². The number of piperidine rings is 2. The van der Waals surface area contributed by atoms with Crippen LogP contribution in [0.25, 0.3) is 10.9 Å². The van der Waals surface area contributed by atoms with E-state index >= 15 is 0 Å². The minimum atomic E-state index is -0.183. The molecule has 5 nitrogen and oxygen atoms in total. The van der Waals surface area contributed by atoms with Gasteiger partial charge < -0.3 is 19.5 Å². The van der Waals surface area contributed by atoms with E-state index in [1.165, 1.54) is 42.1 Å². The Balaban J connectivity index is 1.37. The molecule has 0 aliphatic carbocycles. The number of amides is 1.